The molecule has 0 aliphatic heterocycles. The molecule has 12 heteroatoms. The fraction of sp³-hybridized carbons (Fsp3) is 0.250. The molecule has 2 N–H and O–H groups in total. The van der Waals surface area contributed by atoms with E-state index in [-0.39, 0.29) is 29.4 Å². The lowest BCUT2D eigenvalue weighted by Crippen LogP contribution is -2.23. The summed E-state index contributed by atoms with van der Waals surface area (Å²) < 4.78 is 41.7. The molecular formula is C24H25N3O8S. The monoisotopic (exact) mass is 515 g/mol. The van der Waals surface area contributed by atoms with Crippen LogP contribution >= 0.6 is 0 Å². The summed E-state index contributed by atoms with van der Waals surface area (Å²) in [6, 6.07) is 13.2. The van der Waals surface area contributed by atoms with Gasteiger partial charge in [-0.2, -0.15) is 0 Å². The molecule has 0 saturated heterocycles. The van der Waals surface area contributed by atoms with Crippen LogP contribution in [0.2, 0.25) is 0 Å². The Labute approximate surface area is 207 Å². The van der Waals surface area contributed by atoms with Gasteiger partial charge < -0.3 is 19.3 Å². The molecule has 0 fully saturated rings. The van der Waals surface area contributed by atoms with Crippen LogP contribution in [-0.2, 0) is 26.2 Å². The standard InChI is InChI=1S/C24H25N3O8S/c1-14(24(29)30)34-22-12-20(23(35-15(2)28)18-8-6-5-7-17(18)22)27-26-19-11-16(9-10-21(19)33-3)13-25-36(4,31)32/h5-12,14,25H,13H2,1-4H3,(H,29,30). The summed E-state index contributed by atoms with van der Waals surface area (Å²) in [5.74, 6) is -1.05. The molecule has 0 radical (unpaired) electrons. The molecule has 0 heterocycles. The van der Waals surface area contributed by atoms with Gasteiger partial charge in [0.2, 0.25) is 10.0 Å². The van der Waals surface area contributed by atoms with Gasteiger partial charge in [0.1, 0.15) is 22.9 Å². The van der Waals surface area contributed by atoms with E-state index < -0.39 is 28.1 Å². The van der Waals surface area contributed by atoms with Gasteiger partial charge in [0, 0.05) is 30.3 Å². The predicted molar refractivity (Wildman–Crippen MR) is 132 cm³/mol. The van der Waals surface area contributed by atoms with Crippen LogP contribution in [0.5, 0.6) is 17.2 Å². The number of aliphatic carboxylic acids is 1. The Bertz CT molecular complexity index is 1440. The maximum Gasteiger partial charge on any atom is 0.344 e. The maximum absolute atomic E-state index is 11.9. The molecule has 36 heavy (non-hydrogen) atoms. The largest absolute Gasteiger partial charge is 0.494 e. The first-order chi connectivity index (χ1) is 17.0. The molecule has 3 aromatic rings. The van der Waals surface area contributed by atoms with Gasteiger partial charge in [0.05, 0.1) is 13.4 Å². The lowest BCUT2D eigenvalue weighted by atomic mass is 10.1. The van der Waals surface area contributed by atoms with Gasteiger partial charge in [-0.3, -0.25) is 4.79 Å². The van der Waals surface area contributed by atoms with Gasteiger partial charge >= 0.3 is 11.9 Å². The van der Waals surface area contributed by atoms with Crippen molar-refractivity contribution in [1.29, 1.82) is 0 Å². The van der Waals surface area contributed by atoms with Crippen molar-refractivity contribution in [1.82, 2.24) is 4.72 Å². The fourth-order valence-corrected chi connectivity index (χ4v) is 3.64. The number of carbonyl (C=O) groups excluding carboxylic acids is 1. The molecular weight excluding hydrogens is 490 g/mol. The number of azo groups is 1. The third kappa shape index (κ3) is 6.77. The summed E-state index contributed by atoms with van der Waals surface area (Å²) >= 11 is 0. The van der Waals surface area contributed by atoms with Gasteiger partial charge in [0.25, 0.3) is 0 Å². The third-order valence-electron chi connectivity index (χ3n) is 4.88. The van der Waals surface area contributed by atoms with E-state index in [4.69, 9.17) is 14.2 Å². The van der Waals surface area contributed by atoms with E-state index in [9.17, 15) is 23.1 Å². The Morgan fingerprint density at radius 3 is 2.31 bits per heavy atom. The number of methoxy groups -OCH3 is 1. The average molecular weight is 516 g/mol. The normalized spacial score (nSPS) is 12.4. The minimum absolute atomic E-state index is 0.0328. The van der Waals surface area contributed by atoms with Gasteiger partial charge in [-0.25, -0.2) is 17.9 Å². The molecule has 0 spiro atoms. The Kier molecular flexibility index (Phi) is 8.22. The number of esters is 1. The molecule has 0 aliphatic carbocycles. The molecule has 0 aliphatic rings. The number of carboxylic acids is 1. The number of ether oxygens (including phenoxy) is 3. The molecule has 11 nitrogen and oxygen atoms in total. The summed E-state index contributed by atoms with van der Waals surface area (Å²) in [5.41, 5.74) is 1.00. The molecule has 3 rings (SSSR count). The van der Waals surface area contributed by atoms with E-state index in [0.717, 1.165) is 6.26 Å². The fourth-order valence-electron chi connectivity index (χ4n) is 3.21. The minimum atomic E-state index is -3.40. The number of sulfonamides is 1. The first kappa shape index (κ1) is 26.6. The molecule has 0 amide bonds. The summed E-state index contributed by atoms with van der Waals surface area (Å²) in [4.78, 5) is 23.2. The van der Waals surface area contributed by atoms with Crippen molar-refractivity contribution < 1.29 is 37.3 Å². The van der Waals surface area contributed by atoms with E-state index in [1.165, 1.54) is 27.0 Å². The summed E-state index contributed by atoms with van der Waals surface area (Å²) in [6.07, 6.45) is -0.102. The highest BCUT2D eigenvalue weighted by molar-refractivity contribution is 7.88. The lowest BCUT2D eigenvalue weighted by Gasteiger charge is -2.16. The summed E-state index contributed by atoms with van der Waals surface area (Å²) in [5, 5.41) is 18.8. The highest BCUT2D eigenvalue weighted by Crippen LogP contribution is 2.43. The molecule has 3 aromatic carbocycles. The van der Waals surface area contributed by atoms with E-state index in [1.54, 1.807) is 42.5 Å². The molecule has 0 aromatic heterocycles. The second-order valence-corrected chi connectivity index (χ2v) is 9.59. The van der Waals surface area contributed by atoms with E-state index in [0.29, 0.717) is 22.1 Å². The number of rotatable bonds is 10. The van der Waals surface area contributed by atoms with E-state index in [2.05, 4.69) is 15.0 Å². The summed E-state index contributed by atoms with van der Waals surface area (Å²) in [6.45, 7) is 2.66. The van der Waals surface area contributed by atoms with Crippen LogP contribution in [0.25, 0.3) is 10.8 Å². The average Bonchev–Trinajstić information content (AvgIpc) is 2.82. The minimum Gasteiger partial charge on any atom is -0.494 e. The number of hydrogen-bond acceptors (Lipinski definition) is 9. The lowest BCUT2D eigenvalue weighted by molar-refractivity contribution is -0.144. The second kappa shape index (κ2) is 11.1. The molecule has 1 unspecified atom stereocenters. The number of benzene rings is 3. The number of fused-ring (bicyclic) bond motifs is 1. The van der Waals surface area contributed by atoms with Gasteiger partial charge in [0.15, 0.2) is 11.9 Å². The van der Waals surface area contributed by atoms with Crippen molar-refractivity contribution in [3.8, 4) is 17.2 Å². The molecule has 1 atom stereocenters. The quantitative estimate of drug-likeness (QED) is 0.233. The first-order valence-corrected chi connectivity index (χ1v) is 12.5. The van der Waals surface area contributed by atoms with E-state index in [1.807, 2.05) is 0 Å². The SMILES string of the molecule is COc1ccc(CNS(C)(=O)=O)cc1N=Nc1cc(OC(C)C(=O)O)c2ccccc2c1OC(C)=O. The zero-order valence-corrected chi connectivity index (χ0v) is 20.8. The number of nitrogens with one attached hydrogen (secondary N) is 1. The van der Waals surface area contributed by atoms with Crippen LogP contribution in [0.1, 0.15) is 19.4 Å². The van der Waals surface area contributed by atoms with Crippen LogP contribution in [0.4, 0.5) is 11.4 Å². The molecule has 190 valence electrons. The number of hydrogen-bond donors (Lipinski definition) is 2. The van der Waals surface area contributed by atoms with Gasteiger partial charge in [-0.05, 0) is 24.6 Å². The number of carboxylic acid groups (broad SMARTS) is 1. The Morgan fingerprint density at radius 2 is 1.69 bits per heavy atom. The van der Waals surface area contributed by atoms with Gasteiger partial charge in [-0.15, -0.1) is 10.2 Å². The van der Waals surface area contributed by atoms with Crippen molar-refractivity contribution in [2.24, 2.45) is 10.2 Å². The zero-order chi connectivity index (χ0) is 26.5. The van der Waals surface area contributed by atoms with Crippen molar-refractivity contribution in [3.05, 3.63) is 54.1 Å². The first-order valence-electron chi connectivity index (χ1n) is 10.7. The van der Waals surface area contributed by atoms with Crippen molar-refractivity contribution >= 4 is 44.1 Å². The van der Waals surface area contributed by atoms with Crippen LogP contribution in [0.3, 0.4) is 0 Å². The highest BCUT2D eigenvalue weighted by atomic mass is 32.2. The third-order valence-corrected chi connectivity index (χ3v) is 5.55. The predicted octanol–water partition coefficient (Wildman–Crippen LogP) is 4.09. The van der Waals surface area contributed by atoms with Crippen LogP contribution in [0.15, 0.2) is 58.8 Å². The Hall–Kier alpha value is -4.03. The van der Waals surface area contributed by atoms with Crippen LogP contribution in [-0.4, -0.2) is 44.9 Å². The Balaban J connectivity index is 2.13. The number of nitrogens with zero attached hydrogens (tertiary/aromatic N) is 2. The maximum atomic E-state index is 11.9. The number of carbonyl (C=O) groups is 2. The Morgan fingerprint density at radius 1 is 1.03 bits per heavy atom. The van der Waals surface area contributed by atoms with Gasteiger partial charge in [-0.1, -0.05) is 30.3 Å². The molecule has 0 saturated carbocycles. The van der Waals surface area contributed by atoms with Crippen molar-refractivity contribution in [2.45, 2.75) is 26.5 Å². The van der Waals surface area contributed by atoms with Crippen LogP contribution < -0.4 is 18.9 Å². The zero-order valence-electron chi connectivity index (χ0n) is 20.0. The van der Waals surface area contributed by atoms with E-state index >= 15 is 0 Å². The smallest absolute Gasteiger partial charge is 0.344 e. The second-order valence-electron chi connectivity index (χ2n) is 7.76. The summed E-state index contributed by atoms with van der Waals surface area (Å²) in [7, 11) is -1.96. The van der Waals surface area contributed by atoms with Crippen molar-refractivity contribution in [2.75, 3.05) is 13.4 Å². The van der Waals surface area contributed by atoms with Crippen LogP contribution in [0, 0.1) is 0 Å². The molecule has 0 bridgehead atoms. The highest BCUT2D eigenvalue weighted by Gasteiger charge is 2.20. The van der Waals surface area contributed by atoms with Crippen molar-refractivity contribution in [3.63, 3.8) is 0 Å². The topological polar surface area (TPSA) is 153 Å².